The van der Waals surface area contributed by atoms with E-state index in [9.17, 15) is 4.79 Å². The summed E-state index contributed by atoms with van der Waals surface area (Å²) in [5.41, 5.74) is 3.15. The highest BCUT2D eigenvalue weighted by Crippen LogP contribution is 2.30. The number of hydrogen-bond donors (Lipinski definition) is 0. The maximum absolute atomic E-state index is 14.0. The first kappa shape index (κ1) is 21.8. The SMILES string of the molecule is C=C/C=C\C(=C/C)[C@@H](N1CCCC1)N(C)C(=O)C(c1ccccc1)c1ccccc1. The minimum absolute atomic E-state index is 0.0869. The highest BCUT2D eigenvalue weighted by molar-refractivity contribution is 5.87. The second-order valence-corrected chi connectivity index (χ2v) is 7.70. The third-order valence-corrected chi connectivity index (χ3v) is 5.77. The van der Waals surface area contributed by atoms with Crippen LogP contribution >= 0.6 is 0 Å². The van der Waals surface area contributed by atoms with Crippen molar-refractivity contribution in [1.82, 2.24) is 9.80 Å². The van der Waals surface area contributed by atoms with Crippen LogP contribution in [-0.2, 0) is 4.79 Å². The van der Waals surface area contributed by atoms with Gasteiger partial charge in [0.25, 0.3) is 0 Å². The molecule has 0 aliphatic carbocycles. The van der Waals surface area contributed by atoms with E-state index in [0.717, 1.165) is 29.8 Å². The van der Waals surface area contributed by atoms with E-state index in [1.54, 1.807) is 6.08 Å². The van der Waals surface area contributed by atoms with E-state index >= 15 is 0 Å². The molecule has 3 rings (SSSR count). The Hall–Kier alpha value is -2.91. The second-order valence-electron chi connectivity index (χ2n) is 7.70. The lowest BCUT2D eigenvalue weighted by Gasteiger charge is -2.38. The highest BCUT2D eigenvalue weighted by Gasteiger charge is 2.34. The normalized spacial score (nSPS) is 16.2. The molecular formula is C27H32N2O. The predicted molar refractivity (Wildman–Crippen MR) is 125 cm³/mol. The van der Waals surface area contributed by atoms with Crippen LogP contribution in [-0.4, -0.2) is 42.0 Å². The zero-order chi connectivity index (χ0) is 21.3. The smallest absolute Gasteiger partial charge is 0.235 e. The number of nitrogens with zero attached hydrogens (tertiary/aromatic N) is 2. The Balaban J connectivity index is 2.00. The van der Waals surface area contributed by atoms with E-state index < -0.39 is 0 Å². The van der Waals surface area contributed by atoms with Gasteiger partial charge in [-0.1, -0.05) is 91.5 Å². The number of likely N-dealkylation sites (tertiary alicyclic amines) is 1. The summed E-state index contributed by atoms with van der Waals surface area (Å²) >= 11 is 0. The largest absolute Gasteiger partial charge is 0.325 e. The molecular weight excluding hydrogens is 368 g/mol. The number of carbonyl (C=O) groups is 1. The van der Waals surface area contributed by atoms with Gasteiger partial charge in [-0.3, -0.25) is 9.69 Å². The zero-order valence-corrected chi connectivity index (χ0v) is 18.1. The molecule has 0 spiro atoms. The first-order chi connectivity index (χ1) is 14.7. The molecule has 0 aromatic heterocycles. The van der Waals surface area contributed by atoms with Gasteiger partial charge in [0, 0.05) is 20.1 Å². The van der Waals surface area contributed by atoms with Crippen LogP contribution in [0.15, 0.2) is 97.1 Å². The lowest BCUT2D eigenvalue weighted by molar-refractivity contribution is -0.134. The van der Waals surface area contributed by atoms with E-state index in [4.69, 9.17) is 0 Å². The number of amides is 1. The molecule has 1 saturated heterocycles. The fourth-order valence-corrected chi connectivity index (χ4v) is 4.27. The summed E-state index contributed by atoms with van der Waals surface area (Å²) < 4.78 is 0. The molecule has 0 bridgehead atoms. The Labute approximate surface area is 181 Å². The molecule has 1 fully saturated rings. The first-order valence-electron chi connectivity index (χ1n) is 10.7. The molecule has 0 radical (unpaired) electrons. The maximum atomic E-state index is 14.0. The number of allylic oxidation sites excluding steroid dienone is 3. The van der Waals surface area contributed by atoms with Crippen LogP contribution in [0.1, 0.15) is 36.8 Å². The molecule has 0 N–H and O–H groups in total. The van der Waals surface area contributed by atoms with Crippen molar-refractivity contribution in [1.29, 1.82) is 0 Å². The summed E-state index contributed by atoms with van der Waals surface area (Å²) in [6.45, 7) is 7.85. The van der Waals surface area contributed by atoms with Gasteiger partial charge in [-0.25, -0.2) is 0 Å². The summed E-state index contributed by atoms with van der Waals surface area (Å²) in [5.74, 6) is -0.223. The van der Waals surface area contributed by atoms with Gasteiger partial charge in [0.05, 0.1) is 5.92 Å². The van der Waals surface area contributed by atoms with Gasteiger partial charge in [0.1, 0.15) is 6.17 Å². The molecule has 2 aromatic carbocycles. The summed E-state index contributed by atoms with van der Waals surface area (Å²) in [5, 5.41) is 0. The van der Waals surface area contributed by atoms with Gasteiger partial charge in [-0.05, 0) is 36.5 Å². The zero-order valence-electron chi connectivity index (χ0n) is 18.1. The molecule has 1 aliphatic rings. The number of carbonyl (C=O) groups excluding carboxylic acids is 1. The fraction of sp³-hybridized carbons (Fsp3) is 0.296. The van der Waals surface area contributed by atoms with E-state index in [2.05, 4.69) is 23.6 Å². The number of hydrogen-bond acceptors (Lipinski definition) is 2. The Kier molecular flexibility index (Phi) is 7.81. The number of likely N-dealkylation sites (N-methyl/N-ethyl adjacent to an activating group) is 1. The molecule has 1 heterocycles. The molecule has 1 aliphatic heterocycles. The van der Waals surface area contributed by atoms with Crippen molar-refractivity contribution in [3.05, 3.63) is 108 Å². The summed E-state index contributed by atoms with van der Waals surface area (Å²) in [6, 6.07) is 20.2. The van der Waals surface area contributed by atoms with Crippen molar-refractivity contribution in [3.63, 3.8) is 0 Å². The van der Waals surface area contributed by atoms with Crippen LogP contribution < -0.4 is 0 Å². The van der Waals surface area contributed by atoms with Crippen molar-refractivity contribution >= 4 is 5.91 Å². The van der Waals surface area contributed by atoms with Crippen LogP contribution in [0, 0.1) is 0 Å². The van der Waals surface area contributed by atoms with Crippen LogP contribution in [0.4, 0.5) is 0 Å². The lowest BCUT2D eigenvalue weighted by Crippen LogP contribution is -2.50. The standard InChI is InChI=1S/C27H32N2O/c1-4-6-15-22(5-2)26(29-20-13-14-21-29)28(3)27(30)25(23-16-9-7-10-17-23)24-18-11-8-12-19-24/h4-12,15-19,25-26H,1,13-14,20-21H2,2-3H3/b15-6-,22-5+/t26-/m1/s1. The minimum atomic E-state index is -0.330. The first-order valence-corrected chi connectivity index (χ1v) is 10.7. The molecule has 1 amide bonds. The van der Waals surface area contributed by atoms with Crippen molar-refractivity contribution in [2.75, 3.05) is 20.1 Å². The van der Waals surface area contributed by atoms with Crippen molar-refractivity contribution in [2.45, 2.75) is 31.8 Å². The third kappa shape index (κ3) is 4.98. The molecule has 2 aromatic rings. The minimum Gasteiger partial charge on any atom is -0.325 e. The lowest BCUT2D eigenvalue weighted by atomic mass is 9.89. The Morgan fingerprint density at radius 2 is 1.53 bits per heavy atom. The van der Waals surface area contributed by atoms with Crippen molar-refractivity contribution in [2.24, 2.45) is 0 Å². The van der Waals surface area contributed by atoms with Gasteiger partial charge in [0.15, 0.2) is 0 Å². The molecule has 156 valence electrons. The molecule has 0 saturated carbocycles. The van der Waals surface area contributed by atoms with Gasteiger partial charge in [-0.15, -0.1) is 0 Å². The Morgan fingerprint density at radius 1 is 1.00 bits per heavy atom. The summed E-state index contributed by atoms with van der Waals surface area (Å²) in [7, 11) is 1.94. The summed E-state index contributed by atoms with van der Waals surface area (Å²) in [6.07, 6.45) is 10.2. The topological polar surface area (TPSA) is 23.6 Å². The average Bonchev–Trinajstić information content (AvgIpc) is 3.32. The van der Waals surface area contributed by atoms with E-state index in [1.165, 1.54) is 12.8 Å². The van der Waals surface area contributed by atoms with E-state index in [-0.39, 0.29) is 18.0 Å². The monoisotopic (exact) mass is 400 g/mol. The molecule has 3 heteroatoms. The van der Waals surface area contributed by atoms with Crippen LogP contribution in [0.2, 0.25) is 0 Å². The number of rotatable bonds is 8. The molecule has 30 heavy (non-hydrogen) atoms. The second kappa shape index (κ2) is 10.7. The summed E-state index contributed by atoms with van der Waals surface area (Å²) in [4.78, 5) is 18.3. The highest BCUT2D eigenvalue weighted by atomic mass is 16.2. The third-order valence-electron chi connectivity index (χ3n) is 5.77. The van der Waals surface area contributed by atoms with Crippen LogP contribution in [0.3, 0.4) is 0 Å². The predicted octanol–water partition coefficient (Wildman–Crippen LogP) is 5.39. The van der Waals surface area contributed by atoms with Crippen molar-refractivity contribution < 1.29 is 4.79 Å². The van der Waals surface area contributed by atoms with Crippen molar-refractivity contribution in [3.8, 4) is 0 Å². The van der Waals surface area contributed by atoms with E-state index in [0.29, 0.717) is 0 Å². The van der Waals surface area contributed by atoms with Gasteiger partial charge >= 0.3 is 0 Å². The average molecular weight is 401 g/mol. The number of benzene rings is 2. The Bertz CT molecular complexity index is 840. The van der Waals surface area contributed by atoms with Gasteiger partial charge < -0.3 is 4.90 Å². The fourth-order valence-electron chi connectivity index (χ4n) is 4.27. The van der Waals surface area contributed by atoms with E-state index in [1.807, 2.05) is 85.6 Å². The van der Waals surface area contributed by atoms with Crippen LogP contribution in [0.5, 0.6) is 0 Å². The van der Waals surface area contributed by atoms with Gasteiger partial charge in [0.2, 0.25) is 5.91 Å². The Morgan fingerprint density at radius 3 is 2.00 bits per heavy atom. The molecule has 0 unspecified atom stereocenters. The quantitative estimate of drug-likeness (QED) is 0.555. The van der Waals surface area contributed by atoms with Gasteiger partial charge in [-0.2, -0.15) is 0 Å². The molecule has 1 atom stereocenters. The maximum Gasteiger partial charge on any atom is 0.235 e. The van der Waals surface area contributed by atoms with Crippen LogP contribution in [0.25, 0.3) is 0 Å². The molecule has 3 nitrogen and oxygen atoms in total.